The van der Waals surface area contributed by atoms with Crippen LogP contribution in [0.3, 0.4) is 0 Å². The van der Waals surface area contributed by atoms with Crippen LogP contribution in [-0.4, -0.2) is 21.3 Å². The lowest BCUT2D eigenvalue weighted by Gasteiger charge is -2.26. The van der Waals surface area contributed by atoms with E-state index in [1.165, 1.54) is 21.2 Å². The average Bonchev–Trinajstić information content (AvgIpc) is 2.47. The van der Waals surface area contributed by atoms with Crippen molar-refractivity contribution in [1.82, 2.24) is 0 Å². The maximum atomic E-state index is 11.0. The van der Waals surface area contributed by atoms with E-state index in [0.29, 0.717) is 14.3 Å². The molecule has 0 bridgehead atoms. The fourth-order valence-corrected chi connectivity index (χ4v) is 7.37. The molecule has 0 amide bonds. The second-order valence-electron chi connectivity index (χ2n) is 8.36. The molecular weight excluding hydrogens is 363 g/mol. The number of rotatable bonds is 5. The summed E-state index contributed by atoms with van der Waals surface area (Å²) in [6.07, 6.45) is 0. The van der Waals surface area contributed by atoms with Crippen LogP contribution in [0.15, 0.2) is 36.4 Å². The Labute approximate surface area is 156 Å². The Morgan fingerprint density at radius 3 is 2.08 bits per heavy atom. The second-order valence-corrected chi connectivity index (χ2v) is 20.1. The molecule has 0 aliphatic rings. The van der Waals surface area contributed by atoms with Crippen molar-refractivity contribution in [2.24, 2.45) is 0 Å². The number of phenolic OH excluding ortho intramolecular Hbond substituents is 1. The molecule has 1 N–H and O–H groups in total. The van der Waals surface area contributed by atoms with E-state index in [1.54, 1.807) is 0 Å². The molecule has 0 spiro atoms. The normalized spacial score (nSPS) is 13.0. The Hall–Kier alpha value is -0.546. The highest BCUT2D eigenvalue weighted by molar-refractivity contribution is 7.79. The van der Waals surface area contributed by atoms with Gasteiger partial charge in [-0.15, -0.1) is 0 Å². The van der Waals surface area contributed by atoms with Gasteiger partial charge in [0, 0.05) is 11.1 Å². The first-order chi connectivity index (χ1) is 11.0. The smallest absolute Gasteiger partial charge is 0.122 e. The minimum absolute atomic E-state index is 0.478. The predicted octanol–water partition coefficient (Wildman–Crippen LogP) is 3.54. The molecule has 0 fully saturated rings. The highest BCUT2D eigenvalue weighted by Gasteiger charge is 2.27. The first-order valence-corrected chi connectivity index (χ1v) is 17.0. The van der Waals surface area contributed by atoms with E-state index in [1.807, 2.05) is 0 Å². The third kappa shape index (κ3) is 4.54. The maximum absolute atomic E-state index is 11.0. The summed E-state index contributed by atoms with van der Waals surface area (Å²) in [7, 11) is -2.56. The Balaban J connectivity index is 2.60. The van der Waals surface area contributed by atoms with Gasteiger partial charge < -0.3 is 5.11 Å². The number of phenols is 1. The van der Waals surface area contributed by atoms with Crippen molar-refractivity contribution in [2.45, 2.75) is 45.0 Å². The summed E-state index contributed by atoms with van der Waals surface area (Å²) in [5.41, 5.74) is 1.26. The zero-order chi connectivity index (χ0) is 18.1. The number of hydrogen-bond acceptors (Lipinski definition) is 2. The fourth-order valence-electron chi connectivity index (χ4n) is 2.66. The summed E-state index contributed by atoms with van der Waals surface area (Å²) < 4.78 is 0. The summed E-state index contributed by atoms with van der Waals surface area (Å²) >= 11 is 4.46. The molecule has 0 radical (unpaired) electrons. The molecule has 130 valence electrons. The largest absolute Gasteiger partial charge is 0.507 e. The SMILES string of the molecule is C[Si](C)(C)c1cc(Pc2ccccc2CS)c(O)c([Si](C)(C)C)c1. The molecule has 5 heteroatoms. The van der Waals surface area contributed by atoms with Crippen molar-refractivity contribution < 1.29 is 5.11 Å². The predicted molar refractivity (Wildman–Crippen MR) is 121 cm³/mol. The van der Waals surface area contributed by atoms with Gasteiger partial charge in [-0.3, -0.25) is 0 Å². The first-order valence-electron chi connectivity index (χ1n) is 8.38. The molecule has 2 aromatic carbocycles. The van der Waals surface area contributed by atoms with Crippen LogP contribution >= 0.6 is 21.2 Å². The minimum atomic E-state index is -1.60. The van der Waals surface area contributed by atoms with Crippen molar-refractivity contribution in [3.05, 3.63) is 42.0 Å². The van der Waals surface area contributed by atoms with E-state index in [-0.39, 0.29) is 0 Å². The average molecular weight is 393 g/mol. The molecular formula is C19H29OPSSi2. The van der Waals surface area contributed by atoms with Gasteiger partial charge in [-0.05, 0) is 16.1 Å². The monoisotopic (exact) mass is 392 g/mol. The highest BCUT2D eigenvalue weighted by Crippen LogP contribution is 2.22. The van der Waals surface area contributed by atoms with Crippen LogP contribution in [0, 0.1) is 0 Å². The Morgan fingerprint density at radius 2 is 1.54 bits per heavy atom. The second kappa shape index (κ2) is 7.37. The van der Waals surface area contributed by atoms with Crippen LogP contribution in [0.25, 0.3) is 0 Å². The lowest BCUT2D eigenvalue weighted by atomic mass is 10.2. The Morgan fingerprint density at radius 1 is 0.917 bits per heavy atom. The Kier molecular flexibility index (Phi) is 6.07. The molecule has 24 heavy (non-hydrogen) atoms. The van der Waals surface area contributed by atoms with Crippen LogP contribution in [0.1, 0.15) is 5.56 Å². The Bertz CT molecular complexity index is 733. The van der Waals surface area contributed by atoms with Crippen LogP contribution in [0.2, 0.25) is 39.3 Å². The third-order valence-corrected chi connectivity index (χ3v) is 10.0. The summed E-state index contributed by atoms with van der Waals surface area (Å²) in [6, 6.07) is 13.0. The molecule has 2 aromatic rings. The number of benzene rings is 2. The van der Waals surface area contributed by atoms with E-state index < -0.39 is 16.1 Å². The molecule has 0 heterocycles. The van der Waals surface area contributed by atoms with E-state index >= 15 is 0 Å². The number of hydrogen-bond donors (Lipinski definition) is 2. The minimum Gasteiger partial charge on any atom is -0.507 e. The van der Waals surface area contributed by atoms with E-state index in [4.69, 9.17) is 0 Å². The maximum Gasteiger partial charge on any atom is 0.122 e. The molecule has 1 atom stereocenters. The van der Waals surface area contributed by atoms with Gasteiger partial charge in [0.1, 0.15) is 5.75 Å². The van der Waals surface area contributed by atoms with Crippen molar-refractivity contribution in [2.75, 3.05) is 0 Å². The molecule has 2 rings (SSSR count). The van der Waals surface area contributed by atoms with Gasteiger partial charge in [-0.25, -0.2) is 0 Å². The van der Waals surface area contributed by atoms with E-state index in [2.05, 4.69) is 88.3 Å². The topological polar surface area (TPSA) is 20.2 Å². The first kappa shape index (κ1) is 19.8. The molecule has 1 unspecified atom stereocenters. The van der Waals surface area contributed by atoms with Gasteiger partial charge in [-0.2, -0.15) is 12.6 Å². The van der Waals surface area contributed by atoms with E-state index in [9.17, 15) is 5.11 Å². The highest BCUT2D eigenvalue weighted by atomic mass is 32.1. The molecule has 1 nitrogen and oxygen atoms in total. The third-order valence-electron chi connectivity index (χ3n) is 4.24. The molecule has 0 aliphatic carbocycles. The molecule has 0 saturated carbocycles. The number of thiol groups is 1. The quantitative estimate of drug-likeness (QED) is 0.453. The number of aromatic hydroxyl groups is 1. The van der Waals surface area contributed by atoms with Crippen LogP contribution in [-0.2, 0) is 5.75 Å². The summed E-state index contributed by atoms with van der Waals surface area (Å²) in [4.78, 5) is 0. The molecule has 0 aliphatic heterocycles. The van der Waals surface area contributed by atoms with Gasteiger partial charge in [0.2, 0.25) is 0 Å². The van der Waals surface area contributed by atoms with Gasteiger partial charge in [-0.1, -0.05) is 89.4 Å². The van der Waals surface area contributed by atoms with Crippen molar-refractivity contribution in [1.29, 1.82) is 0 Å². The van der Waals surface area contributed by atoms with Crippen molar-refractivity contribution >= 4 is 58.3 Å². The van der Waals surface area contributed by atoms with Crippen molar-refractivity contribution in [3.63, 3.8) is 0 Å². The molecule has 0 aromatic heterocycles. The summed E-state index contributed by atoms with van der Waals surface area (Å²) in [5.74, 6) is 1.27. The fraction of sp³-hybridized carbons (Fsp3) is 0.368. The standard InChI is InChI=1S/C19H29OPSSi2/c1-23(2,3)15-11-17(19(20)18(12-15)24(4,5)6)21-16-10-8-7-9-14(16)13-22/h7-12,20-22H,13H2,1-6H3. The van der Waals surface area contributed by atoms with Gasteiger partial charge in [0.25, 0.3) is 0 Å². The lowest BCUT2D eigenvalue weighted by Crippen LogP contribution is -2.47. The van der Waals surface area contributed by atoms with Gasteiger partial charge >= 0.3 is 0 Å². The molecule has 0 saturated heterocycles. The van der Waals surface area contributed by atoms with Gasteiger partial charge in [0.15, 0.2) is 0 Å². The van der Waals surface area contributed by atoms with Gasteiger partial charge in [0.05, 0.1) is 16.1 Å². The van der Waals surface area contributed by atoms with E-state index in [0.717, 1.165) is 11.1 Å². The van der Waals surface area contributed by atoms with Crippen LogP contribution in [0.5, 0.6) is 5.75 Å². The zero-order valence-corrected chi connectivity index (χ0v) is 19.5. The van der Waals surface area contributed by atoms with Crippen LogP contribution in [0.4, 0.5) is 0 Å². The summed E-state index contributed by atoms with van der Waals surface area (Å²) in [6.45, 7) is 14.1. The zero-order valence-electron chi connectivity index (χ0n) is 15.6. The van der Waals surface area contributed by atoms with Crippen molar-refractivity contribution in [3.8, 4) is 5.75 Å². The lowest BCUT2D eigenvalue weighted by molar-refractivity contribution is 0.484. The van der Waals surface area contributed by atoms with Crippen LogP contribution < -0.4 is 21.0 Å². The summed E-state index contributed by atoms with van der Waals surface area (Å²) in [5, 5.41) is 16.0.